The molecule has 1 aromatic carbocycles. The molecule has 8 heteroatoms. The lowest BCUT2D eigenvalue weighted by Gasteiger charge is -2.14. The Morgan fingerprint density at radius 2 is 1.85 bits per heavy atom. The molecule has 1 rings (SSSR count). The molecule has 0 aromatic heterocycles. The molecule has 2 N–H and O–H groups in total. The number of benzene rings is 1. The van der Waals surface area contributed by atoms with E-state index >= 15 is 0 Å². The Morgan fingerprint density at radius 1 is 1.20 bits per heavy atom. The van der Waals surface area contributed by atoms with Gasteiger partial charge in [-0.25, -0.2) is 8.42 Å². The Morgan fingerprint density at radius 3 is 2.40 bits per heavy atom. The van der Waals surface area contributed by atoms with E-state index in [-0.39, 0.29) is 18.0 Å². The first kappa shape index (κ1) is 16.9. The van der Waals surface area contributed by atoms with Crippen molar-refractivity contribution in [2.24, 2.45) is 0 Å². The summed E-state index contributed by atoms with van der Waals surface area (Å²) in [7, 11) is -0.661. The number of hydrogen-bond acceptors (Lipinski definition) is 5. The molecule has 1 aromatic rings. The number of ether oxygens (including phenoxy) is 2. The van der Waals surface area contributed by atoms with Gasteiger partial charge in [-0.1, -0.05) is 11.6 Å². The van der Waals surface area contributed by atoms with Crippen LogP contribution in [0.2, 0.25) is 5.02 Å². The average Bonchev–Trinajstić information content (AvgIpc) is 2.40. The lowest BCUT2D eigenvalue weighted by Crippen LogP contribution is -2.17. The summed E-state index contributed by atoms with van der Waals surface area (Å²) in [5, 5.41) is 8.99. The Hall–Kier alpha value is -1.18. The minimum absolute atomic E-state index is 0.0341. The van der Waals surface area contributed by atoms with E-state index < -0.39 is 10.0 Å². The van der Waals surface area contributed by atoms with Gasteiger partial charge in [-0.3, -0.25) is 4.72 Å². The van der Waals surface area contributed by atoms with Crippen molar-refractivity contribution in [2.75, 3.05) is 31.3 Å². The number of nitrogens with one attached hydrogen (secondary N) is 1. The van der Waals surface area contributed by atoms with Crippen LogP contribution in [-0.4, -0.2) is 40.1 Å². The normalized spacial score (nSPS) is 11.2. The molecule has 0 amide bonds. The summed E-state index contributed by atoms with van der Waals surface area (Å²) in [6, 6.07) is 2.94. The van der Waals surface area contributed by atoms with Crippen molar-refractivity contribution in [1.29, 1.82) is 0 Å². The third-order valence-corrected chi connectivity index (χ3v) is 4.21. The lowest BCUT2D eigenvalue weighted by molar-refractivity contribution is 0.287. The Kier molecular flexibility index (Phi) is 6.38. The molecule has 114 valence electrons. The van der Waals surface area contributed by atoms with Gasteiger partial charge in [-0.05, 0) is 12.8 Å². The van der Waals surface area contributed by atoms with Gasteiger partial charge in [-0.2, -0.15) is 0 Å². The number of halogens is 1. The zero-order valence-electron chi connectivity index (χ0n) is 11.3. The summed E-state index contributed by atoms with van der Waals surface area (Å²) in [5.74, 6) is 0.573. The molecule has 0 saturated carbocycles. The van der Waals surface area contributed by atoms with Crippen molar-refractivity contribution in [3.8, 4) is 11.5 Å². The van der Waals surface area contributed by atoms with E-state index in [1.807, 2.05) is 0 Å². The van der Waals surface area contributed by atoms with Crippen LogP contribution in [0.25, 0.3) is 0 Å². The second-order valence-corrected chi connectivity index (χ2v) is 6.29. The molecule has 0 aliphatic carbocycles. The fraction of sp³-hybridized carbons (Fsp3) is 0.500. The highest BCUT2D eigenvalue weighted by Gasteiger charge is 2.16. The molecule has 6 nitrogen and oxygen atoms in total. The van der Waals surface area contributed by atoms with E-state index in [2.05, 4.69) is 4.72 Å². The van der Waals surface area contributed by atoms with E-state index in [9.17, 15) is 8.42 Å². The van der Waals surface area contributed by atoms with E-state index in [4.69, 9.17) is 26.2 Å². The van der Waals surface area contributed by atoms with E-state index in [0.717, 1.165) is 0 Å². The molecule has 0 aliphatic rings. The third kappa shape index (κ3) is 4.73. The number of aliphatic hydroxyl groups excluding tert-OH is 1. The van der Waals surface area contributed by atoms with Crippen molar-refractivity contribution in [2.45, 2.75) is 12.8 Å². The van der Waals surface area contributed by atoms with Crippen LogP contribution in [-0.2, 0) is 10.0 Å². The monoisotopic (exact) mass is 323 g/mol. The minimum Gasteiger partial charge on any atom is -0.495 e. The number of hydrogen-bond donors (Lipinski definition) is 2. The van der Waals surface area contributed by atoms with Gasteiger partial charge in [0.1, 0.15) is 11.5 Å². The van der Waals surface area contributed by atoms with Gasteiger partial charge in [0.05, 0.1) is 30.7 Å². The molecule has 20 heavy (non-hydrogen) atoms. The quantitative estimate of drug-likeness (QED) is 0.713. The van der Waals surface area contributed by atoms with Crippen LogP contribution in [0.15, 0.2) is 12.1 Å². The van der Waals surface area contributed by atoms with Crippen molar-refractivity contribution in [3.63, 3.8) is 0 Å². The van der Waals surface area contributed by atoms with Crippen molar-refractivity contribution in [3.05, 3.63) is 17.2 Å². The van der Waals surface area contributed by atoms with Gasteiger partial charge < -0.3 is 14.6 Å². The van der Waals surface area contributed by atoms with Crippen LogP contribution < -0.4 is 14.2 Å². The summed E-state index contributed by atoms with van der Waals surface area (Å²) in [6.07, 6.45) is 0.806. The predicted octanol–water partition coefficient (Wildman–Crippen LogP) is 1.87. The number of methoxy groups -OCH3 is 2. The molecule has 0 bridgehead atoms. The molecular weight excluding hydrogens is 306 g/mol. The van der Waals surface area contributed by atoms with E-state index in [1.165, 1.54) is 26.4 Å². The number of anilines is 1. The smallest absolute Gasteiger partial charge is 0.232 e. The number of rotatable bonds is 8. The van der Waals surface area contributed by atoms with Gasteiger partial charge >= 0.3 is 0 Å². The van der Waals surface area contributed by atoms with Gasteiger partial charge in [0.25, 0.3) is 0 Å². The molecule has 0 unspecified atom stereocenters. The maximum atomic E-state index is 11.9. The molecular formula is C12H18ClNO5S. The van der Waals surface area contributed by atoms with Gasteiger partial charge in [0, 0.05) is 18.7 Å². The standard InChI is InChI=1S/C12H18ClNO5S/c1-18-11-8-10(12(19-2)7-9(11)13)14-20(16,17)6-4-3-5-15/h7-8,14-15H,3-6H2,1-2H3. The molecule has 0 radical (unpaired) electrons. The van der Waals surface area contributed by atoms with E-state index in [1.54, 1.807) is 0 Å². The second-order valence-electron chi connectivity index (χ2n) is 4.04. The highest BCUT2D eigenvalue weighted by Crippen LogP contribution is 2.36. The van der Waals surface area contributed by atoms with Crippen LogP contribution in [0.4, 0.5) is 5.69 Å². The Balaban J connectivity index is 2.95. The summed E-state index contributed by atoms with van der Waals surface area (Å²) in [5.41, 5.74) is 0.262. The lowest BCUT2D eigenvalue weighted by atomic mass is 10.3. The number of aliphatic hydroxyl groups is 1. The van der Waals surface area contributed by atoms with Crippen LogP contribution in [0.3, 0.4) is 0 Å². The van der Waals surface area contributed by atoms with E-state index in [0.29, 0.717) is 29.4 Å². The van der Waals surface area contributed by atoms with Crippen molar-refractivity contribution < 1.29 is 23.0 Å². The number of sulfonamides is 1. The summed E-state index contributed by atoms with van der Waals surface area (Å²) in [4.78, 5) is 0. The van der Waals surface area contributed by atoms with Crippen molar-refractivity contribution in [1.82, 2.24) is 0 Å². The Labute approximate surface area is 123 Å². The summed E-state index contributed by atoms with van der Waals surface area (Å²) >= 11 is 5.94. The molecule has 0 spiro atoms. The molecule has 0 fully saturated rings. The third-order valence-electron chi connectivity index (χ3n) is 2.56. The highest BCUT2D eigenvalue weighted by molar-refractivity contribution is 7.92. The second kappa shape index (κ2) is 7.56. The molecule has 0 heterocycles. The number of unbranched alkanes of at least 4 members (excludes halogenated alkanes) is 1. The van der Waals surface area contributed by atoms with Gasteiger partial charge in [-0.15, -0.1) is 0 Å². The minimum atomic E-state index is -3.52. The molecule has 0 atom stereocenters. The first-order valence-corrected chi connectivity index (χ1v) is 7.99. The Bertz CT molecular complexity index is 547. The first-order valence-electron chi connectivity index (χ1n) is 5.96. The summed E-state index contributed by atoms with van der Waals surface area (Å²) < 4.78 is 36.4. The van der Waals surface area contributed by atoms with Crippen molar-refractivity contribution >= 4 is 27.3 Å². The molecule has 0 aliphatic heterocycles. The van der Waals surface area contributed by atoms with Crippen LogP contribution in [0, 0.1) is 0 Å². The predicted molar refractivity (Wildman–Crippen MR) is 78.3 cm³/mol. The average molecular weight is 324 g/mol. The zero-order chi connectivity index (χ0) is 15.2. The molecule has 0 saturated heterocycles. The van der Waals surface area contributed by atoms with Crippen LogP contribution in [0.5, 0.6) is 11.5 Å². The van der Waals surface area contributed by atoms with Gasteiger partial charge in [0.2, 0.25) is 10.0 Å². The SMILES string of the molecule is COc1cc(NS(=O)(=O)CCCCO)c(OC)cc1Cl. The first-order chi connectivity index (χ1) is 9.43. The van der Waals surface area contributed by atoms with Gasteiger partial charge in [0.15, 0.2) is 0 Å². The fourth-order valence-corrected chi connectivity index (χ4v) is 2.97. The van der Waals surface area contributed by atoms with Crippen LogP contribution in [0.1, 0.15) is 12.8 Å². The zero-order valence-corrected chi connectivity index (χ0v) is 12.9. The fourth-order valence-electron chi connectivity index (χ4n) is 1.56. The van der Waals surface area contributed by atoms with Crippen LogP contribution >= 0.6 is 11.6 Å². The largest absolute Gasteiger partial charge is 0.495 e. The summed E-state index contributed by atoms with van der Waals surface area (Å²) in [6.45, 7) is -0.0341. The topological polar surface area (TPSA) is 84.9 Å². The maximum Gasteiger partial charge on any atom is 0.232 e. The highest BCUT2D eigenvalue weighted by atomic mass is 35.5. The maximum absolute atomic E-state index is 11.9.